The van der Waals surface area contributed by atoms with Gasteiger partial charge in [-0.25, -0.2) is 0 Å². The molecule has 4 aromatic heterocycles. The third-order valence-electron chi connectivity index (χ3n) is 5.04. The van der Waals surface area contributed by atoms with Crippen LogP contribution in [0.2, 0.25) is 0 Å². The maximum absolute atomic E-state index is 4.55. The van der Waals surface area contributed by atoms with Gasteiger partial charge in [0.25, 0.3) is 0 Å². The van der Waals surface area contributed by atoms with Crippen molar-refractivity contribution in [2.75, 3.05) is 0 Å². The zero-order valence-electron chi connectivity index (χ0n) is 17.8. The Hall–Kier alpha value is -2.94. The van der Waals surface area contributed by atoms with Gasteiger partial charge in [-0.05, 0) is 18.2 Å². The van der Waals surface area contributed by atoms with E-state index in [1.54, 1.807) is 12.4 Å². The van der Waals surface area contributed by atoms with Crippen molar-refractivity contribution in [3.63, 3.8) is 0 Å². The fourth-order valence-corrected chi connectivity index (χ4v) is 5.64. The van der Waals surface area contributed by atoms with E-state index in [1.165, 1.54) is 24.9 Å². The van der Waals surface area contributed by atoms with Crippen LogP contribution in [0.15, 0.2) is 97.6 Å². The van der Waals surface area contributed by atoms with Gasteiger partial charge >= 0.3 is 116 Å². The number of benzene rings is 2. The molecule has 0 unspecified atom stereocenters. The first-order valence-corrected chi connectivity index (χ1v) is 12.0. The van der Waals surface area contributed by atoms with Crippen LogP contribution >= 0.6 is 0 Å². The molecule has 5 heteroatoms. The molecule has 163 valence electrons. The SMILES string of the molecule is Cc1ccc(-c2[c-]cccc2)nc1.[Ir].[c-]1ccncc1-c1cc2c(cn1)[se]c1ccccc12. The molecule has 4 heterocycles. The van der Waals surface area contributed by atoms with Crippen LogP contribution < -0.4 is 0 Å². The van der Waals surface area contributed by atoms with Gasteiger partial charge in [-0.3, -0.25) is 0 Å². The first-order chi connectivity index (χ1) is 15.8. The molecular formula is C28H19IrN3Se-2. The number of pyridine rings is 3. The predicted octanol–water partition coefficient (Wildman–Crippen LogP) is 6.16. The normalized spacial score (nSPS) is 10.3. The van der Waals surface area contributed by atoms with Crippen molar-refractivity contribution < 1.29 is 20.1 Å². The molecule has 0 aliphatic carbocycles. The van der Waals surface area contributed by atoms with Crippen molar-refractivity contribution in [3.8, 4) is 22.5 Å². The molecule has 0 atom stereocenters. The fourth-order valence-electron chi connectivity index (χ4n) is 3.42. The van der Waals surface area contributed by atoms with Gasteiger partial charge in [0.05, 0.1) is 0 Å². The van der Waals surface area contributed by atoms with Crippen LogP contribution in [-0.4, -0.2) is 29.5 Å². The average Bonchev–Trinajstić information content (AvgIpc) is 3.24. The number of aromatic nitrogens is 3. The molecule has 2 aromatic carbocycles. The molecule has 6 aromatic rings. The van der Waals surface area contributed by atoms with E-state index in [0.717, 1.165) is 22.5 Å². The molecule has 0 saturated heterocycles. The van der Waals surface area contributed by atoms with Gasteiger partial charge in [-0.2, -0.15) is 0 Å². The van der Waals surface area contributed by atoms with Gasteiger partial charge in [-0.15, -0.1) is 35.9 Å². The van der Waals surface area contributed by atoms with E-state index in [9.17, 15) is 0 Å². The van der Waals surface area contributed by atoms with Crippen LogP contribution in [0.25, 0.3) is 41.8 Å². The number of nitrogens with zero attached hydrogens (tertiary/aromatic N) is 3. The monoisotopic (exact) mass is 670 g/mol. The van der Waals surface area contributed by atoms with E-state index >= 15 is 0 Å². The van der Waals surface area contributed by atoms with Gasteiger partial charge in [0.1, 0.15) is 0 Å². The van der Waals surface area contributed by atoms with Crippen LogP contribution in [-0.2, 0) is 20.1 Å². The number of fused-ring (bicyclic) bond motifs is 3. The molecule has 0 N–H and O–H groups in total. The third-order valence-corrected chi connectivity index (χ3v) is 7.39. The summed E-state index contributed by atoms with van der Waals surface area (Å²) in [6, 6.07) is 30.9. The molecule has 3 nitrogen and oxygen atoms in total. The number of aryl methyl sites for hydroxylation is 1. The first-order valence-electron chi connectivity index (χ1n) is 10.3. The van der Waals surface area contributed by atoms with Crippen molar-refractivity contribution in [2.45, 2.75) is 6.92 Å². The topological polar surface area (TPSA) is 38.7 Å². The summed E-state index contributed by atoms with van der Waals surface area (Å²) in [6.07, 6.45) is 7.41. The summed E-state index contributed by atoms with van der Waals surface area (Å²) in [7, 11) is 0. The Kier molecular flexibility index (Phi) is 7.59. The fraction of sp³-hybridized carbons (Fsp3) is 0.0357. The molecule has 0 amide bonds. The van der Waals surface area contributed by atoms with Crippen LogP contribution in [0.5, 0.6) is 0 Å². The van der Waals surface area contributed by atoms with Gasteiger partial charge in [0, 0.05) is 26.3 Å². The molecule has 0 spiro atoms. The molecule has 0 aliphatic rings. The first kappa shape index (κ1) is 23.2. The zero-order valence-corrected chi connectivity index (χ0v) is 21.9. The van der Waals surface area contributed by atoms with E-state index in [-0.39, 0.29) is 20.1 Å². The minimum absolute atomic E-state index is 0. The van der Waals surface area contributed by atoms with E-state index < -0.39 is 0 Å². The van der Waals surface area contributed by atoms with E-state index in [1.807, 2.05) is 55.7 Å². The Morgan fingerprint density at radius 2 is 1.52 bits per heavy atom. The van der Waals surface area contributed by atoms with Gasteiger partial charge in [-0.1, -0.05) is 12.1 Å². The second-order valence-corrected chi connectivity index (χ2v) is 9.59. The molecule has 0 fully saturated rings. The molecule has 33 heavy (non-hydrogen) atoms. The maximum atomic E-state index is 4.55. The van der Waals surface area contributed by atoms with E-state index in [0.29, 0.717) is 14.5 Å². The van der Waals surface area contributed by atoms with Crippen molar-refractivity contribution >= 4 is 33.8 Å². The van der Waals surface area contributed by atoms with Crippen molar-refractivity contribution in [1.82, 2.24) is 15.0 Å². The number of hydrogen-bond donors (Lipinski definition) is 0. The van der Waals surface area contributed by atoms with Crippen LogP contribution in [0.1, 0.15) is 5.56 Å². The molecule has 0 bridgehead atoms. The quantitative estimate of drug-likeness (QED) is 0.164. The molecule has 0 saturated carbocycles. The van der Waals surface area contributed by atoms with Gasteiger partial charge in [0.15, 0.2) is 0 Å². The second kappa shape index (κ2) is 10.8. The standard InChI is InChI=1S/C16H9N2Se.C12H10N.Ir/c1-2-6-15-12(5-1)13-8-14(18-10-16(13)19-15)11-4-3-7-17-9-11;1-10-7-8-12(13-9-10)11-5-3-2-4-6-11;/h1-3,5-10H;2-5,7-9H,1H3;/q2*-1;. The summed E-state index contributed by atoms with van der Waals surface area (Å²) in [5.41, 5.74) is 5.09. The zero-order chi connectivity index (χ0) is 21.8. The van der Waals surface area contributed by atoms with Crippen LogP contribution in [0.4, 0.5) is 0 Å². The molecule has 0 aliphatic heterocycles. The van der Waals surface area contributed by atoms with Crippen LogP contribution in [0.3, 0.4) is 0 Å². The summed E-state index contributed by atoms with van der Waals surface area (Å²) >= 11 is 0.385. The van der Waals surface area contributed by atoms with E-state index in [2.05, 4.69) is 63.5 Å². The molecular weight excluding hydrogens is 650 g/mol. The van der Waals surface area contributed by atoms with Crippen LogP contribution in [0, 0.1) is 19.1 Å². The Balaban J connectivity index is 0.000000164. The Bertz CT molecular complexity index is 1460. The summed E-state index contributed by atoms with van der Waals surface area (Å²) in [4.78, 5) is 13.0. The van der Waals surface area contributed by atoms with E-state index in [4.69, 9.17) is 0 Å². The average molecular weight is 669 g/mol. The summed E-state index contributed by atoms with van der Waals surface area (Å²) < 4.78 is 2.81. The Morgan fingerprint density at radius 3 is 2.27 bits per heavy atom. The van der Waals surface area contributed by atoms with Crippen molar-refractivity contribution in [2.24, 2.45) is 0 Å². The molecule has 6 rings (SSSR count). The third kappa shape index (κ3) is 5.35. The summed E-state index contributed by atoms with van der Waals surface area (Å²) in [5, 5.41) is 2.67. The Labute approximate surface area is 212 Å². The van der Waals surface area contributed by atoms with Gasteiger partial charge < -0.3 is 4.98 Å². The van der Waals surface area contributed by atoms with Crippen molar-refractivity contribution in [3.05, 3.63) is 115 Å². The minimum atomic E-state index is 0. The van der Waals surface area contributed by atoms with Gasteiger partial charge in [0.2, 0.25) is 0 Å². The predicted molar refractivity (Wildman–Crippen MR) is 132 cm³/mol. The number of rotatable bonds is 2. The summed E-state index contributed by atoms with van der Waals surface area (Å²) in [6.45, 7) is 2.03. The Morgan fingerprint density at radius 1 is 0.697 bits per heavy atom. The summed E-state index contributed by atoms with van der Waals surface area (Å²) in [5.74, 6) is 0. The number of hydrogen-bond acceptors (Lipinski definition) is 3. The second-order valence-electron chi connectivity index (χ2n) is 7.31. The van der Waals surface area contributed by atoms with Crippen molar-refractivity contribution in [1.29, 1.82) is 0 Å². The molecule has 1 radical (unpaired) electrons.